The lowest BCUT2D eigenvalue weighted by Gasteiger charge is -2.37. The summed E-state index contributed by atoms with van der Waals surface area (Å²) in [5, 5.41) is 0.572. The maximum Gasteiger partial charge on any atom is 0.339 e. The summed E-state index contributed by atoms with van der Waals surface area (Å²) < 4.78 is 5.65. The normalized spacial score (nSPS) is 17.9. The average Bonchev–Trinajstić information content (AvgIpc) is 2.73. The lowest BCUT2D eigenvalue weighted by atomic mass is 9.88. The van der Waals surface area contributed by atoms with Gasteiger partial charge in [0.2, 0.25) is 0 Å². The van der Waals surface area contributed by atoms with Crippen molar-refractivity contribution in [3.8, 4) is 0 Å². The van der Waals surface area contributed by atoms with E-state index in [0.29, 0.717) is 22.7 Å². The van der Waals surface area contributed by atoms with Gasteiger partial charge in [-0.25, -0.2) is 4.79 Å². The molecule has 0 bridgehead atoms. The van der Waals surface area contributed by atoms with Gasteiger partial charge in [0.25, 0.3) is 5.91 Å². The summed E-state index contributed by atoms with van der Waals surface area (Å²) in [6.07, 6.45) is 1.98. The van der Waals surface area contributed by atoms with E-state index in [1.807, 2.05) is 30.3 Å². The van der Waals surface area contributed by atoms with Gasteiger partial charge < -0.3 is 9.64 Å². The molecule has 1 aromatic heterocycles. The van der Waals surface area contributed by atoms with Crippen molar-refractivity contribution in [1.29, 1.82) is 0 Å². The smallest absolute Gasteiger partial charge is 0.339 e. The standard InChI is InChI=1S/C23H19ClN2O3/c1-23(14-16-6-2-3-8-20(16)21(27)29-23)22(28)26(15-18-7-4-5-13-25-18)19-11-9-17(24)10-12-19/h2-13H,14-15H2,1H3. The molecule has 1 aliphatic heterocycles. The molecule has 1 aliphatic rings. The van der Waals surface area contributed by atoms with Gasteiger partial charge in [-0.15, -0.1) is 0 Å². The molecule has 0 saturated carbocycles. The Morgan fingerprint density at radius 2 is 1.83 bits per heavy atom. The average molecular weight is 407 g/mol. The molecule has 0 saturated heterocycles. The van der Waals surface area contributed by atoms with Crippen molar-refractivity contribution in [2.45, 2.75) is 25.5 Å². The topological polar surface area (TPSA) is 59.5 Å². The molecule has 2 heterocycles. The van der Waals surface area contributed by atoms with Gasteiger partial charge in [-0.1, -0.05) is 35.9 Å². The summed E-state index contributed by atoms with van der Waals surface area (Å²) in [5.74, 6) is -0.801. The highest BCUT2D eigenvalue weighted by molar-refractivity contribution is 6.30. The minimum absolute atomic E-state index is 0.246. The fraction of sp³-hybridized carbons (Fsp3) is 0.174. The van der Waals surface area contributed by atoms with Crippen molar-refractivity contribution in [2.24, 2.45) is 0 Å². The SMILES string of the molecule is CC1(C(=O)N(Cc2ccccn2)c2ccc(Cl)cc2)Cc2ccccc2C(=O)O1. The Labute approximate surface area is 173 Å². The number of esters is 1. The third kappa shape index (κ3) is 3.87. The summed E-state index contributed by atoms with van der Waals surface area (Å²) in [4.78, 5) is 32.1. The molecule has 0 radical (unpaired) electrons. The van der Waals surface area contributed by atoms with Gasteiger partial charge in [-0.3, -0.25) is 9.78 Å². The number of carbonyl (C=O) groups excluding carboxylic acids is 2. The van der Waals surface area contributed by atoms with Gasteiger partial charge in [0.15, 0.2) is 5.60 Å². The number of amides is 1. The number of pyridine rings is 1. The molecule has 1 unspecified atom stereocenters. The van der Waals surface area contributed by atoms with Crippen LogP contribution in [0.2, 0.25) is 5.02 Å². The molecular weight excluding hydrogens is 388 g/mol. The second-order valence-electron chi connectivity index (χ2n) is 7.14. The van der Waals surface area contributed by atoms with Crippen LogP contribution in [0, 0.1) is 0 Å². The Hall–Kier alpha value is -3.18. The van der Waals surface area contributed by atoms with Crippen LogP contribution in [-0.4, -0.2) is 22.5 Å². The van der Waals surface area contributed by atoms with Crippen molar-refractivity contribution in [2.75, 3.05) is 4.90 Å². The van der Waals surface area contributed by atoms with Gasteiger partial charge in [0.05, 0.1) is 17.8 Å². The number of ether oxygens (including phenoxy) is 1. The van der Waals surface area contributed by atoms with E-state index in [-0.39, 0.29) is 12.5 Å². The molecule has 5 nitrogen and oxygen atoms in total. The maximum atomic E-state index is 13.7. The van der Waals surface area contributed by atoms with Crippen LogP contribution in [0.3, 0.4) is 0 Å². The summed E-state index contributed by atoms with van der Waals surface area (Å²) >= 11 is 6.02. The summed E-state index contributed by atoms with van der Waals surface area (Å²) in [7, 11) is 0. The third-order valence-corrected chi connectivity index (χ3v) is 5.22. The molecule has 0 N–H and O–H groups in total. The molecule has 0 aliphatic carbocycles. The Kier molecular flexibility index (Phi) is 5.07. The van der Waals surface area contributed by atoms with Crippen molar-refractivity contribution in [3.05, 3.63) is 94.8 Å². The van der Waals surface area contributed by atoms with E-state index in [2.05, 4.69) is 4.98 Å². The first kappa shape index (κ1) is 19.2. The molecule has 0 spiro atoms. The summed E-state index contributed by atoms with van der Waals surface area (Å²) in [6, 6.07) is 19.7. The zero-order valence-electron chi connectivity index (χ0n) is 15.8. The van der Waals surface area contributed by atoms with E-state index in [0.717, 1.165) is 11.3 Å². The highest BCUT2D eigenvalue weighted by Gasteiger charge is 2.45. The summed E-state index contributed by atoms with van der Waals surface area (Å²) in [6.45, 7) is 1.90. The van der Waals surface area contributed by atoms with Gasteiger partial charge in [-0.05, 0) is 55.0 Å². The molecule has 146 valence electrons. The Morgan fingerprint density at radius 3 is 2.55 bits per heavy atom. The highest BCUT2D eigenvalue weighted by Crippen LogP contribution is 2.32. The number of nitrogens with zero attached hydrogens (tertiary/aromatic N) is 2. The summed E-state index contributed by atoms with van der Waals surface area (Å²) in [5.41, 5.74) is 1.36. The third-order valence-electron chi connectivity index (χ3n) is 4.97. The lowest BCUT2D eigenvalue weighted by molar-refractivity contribution is -0.137. The first-order valence-corrected chi connectivity index (χ1v) is 9.63. The minimum atomic E-state index is -1.32. The second kappa shape index (κ2) is 7.68. The molecule has 4 rings (SSSR count). The highest BCUT2D eigenvalue weighted by atomic mass is 35.5. The van der Waals surface area contributed by atoms with Gasteiger partial charge in [0, 0.05) is 23.3 Å². The number of rotatable bonds is 4. The van der Waals surface area contributed by atoms with Crippen LogP contribution in [0.25, 0.3) is 0 Å². The number of anilines is 1. The molecule has 1 amide bonds. The van der Waals surface area contributed by atoms with Crippen LogP contribution in [-0.2, 0) is 22.5 Å². The molecule has 1 atom stereocenters. The molecule has 0 fully saturated rings. The van der Waals surface area contributed by atoms with E-state index in [1.54, 1.807) is 54.4 Å². The predicted octanol–water partition coefficient (Wildman–Crippen LogP) is 4.44. The van der Waals surface area contributed by atoms with Gasteiger partial charge >= 0.3 is 5.97 Å². The number of aromatic nitrogens is 1. The molecule has 2 aromatic carbocycles. The number of hydrogen-bond donors (Lipinski definition) is 0. The molecule has 3 aromatic rings. The number of hydrogen-bond acceptors (Lipinski definition) is 4. The van der Waals surface area contributed by atoms with Crippen LogP contribution in [0.4, 0.5) is 5.69 Å². The van der Waals surface area contributed by atoms with E-state index in [9.17, 15) is 9.59 Å². The zero-order chi connectivity index (χ0) is 20.4. The second-order valence-corrected chi connectivity index (χ2v) is 7.58. The zero-order valence-corrected chi connectivity index (χ0v) is 16.6. The first-order valence-electron chi connectivity index (χ1n) is 9.25. The first-order chi connectivity index (χ1) is 14.0. The number of benzene rings is 2. The largest absolute Gasteiger partial charge is 0.445 e. The molecule has 29 heavy (non-hydrogen) atoms. The number of fused-ring (bicyclic) bond motifs is 1. The van der Waals surface area contributed by atoms with Crippen molar-refractivity contribution in [1.82, 2.24) is 4.98 Å². The van der Waals surface area contributed by atoms with Crippen molar-refractivity contribution >= 4 is 29.2 Å². The number of halogens is 1. The predicted molar refractivity (Wildman–Crippen MR) is 111 cm³/mol. The quantitative estimate of drug-likeness (QED) is 0.601. The fourth-order valence-electron chi connectivity index (χ4n) is 3.49. The van der Waals surface area contributed by atoms with Crippen LogP contribution in [0.15, 0.2) is 72.9 Å². The van der Waals surface area contributed by atoms with E-state index in [4.69, 9.17) is 16.3 Å². The van der Waals surface area contributed by atoms with Crippen LogP contribution < -0.4 is 4.90 Å². The number of cyclic esters (lactones) is 1. The fourth-order valence-corrected chi connectivity index (χ4v) is 3.62. The lowest BCUT2D eigenvalue weighted by Crippen LogP contribution is -2.53. The Bertz CT molecular complexity index is 1050. The van der Waals surface area contributed by atoms with E-state index >= 15 is 0 Å². The van der Waals surface area contributed by atoms with Crippen molar-refractivity contribution < 1.29 is 14.3 Å². The van der Waals surface area contributed by atoms with Gasteiger partial charge in [0.1, 0.15) is 0 Å². The Morgan fingerprint density at radius 1 is 1.10 bits per heavy atom. The van der Waals surface area contributed by atoms with E-state index in [1.165, 1.54) is 0 Å². The van der Waals surface area contributed by atoms with Crippen LogP contribution >= 0.6 is 11.6 Å². The Balaban J connectivity index is 1.71. The van der Waals surface area contributed by atoms with Crippen molar-refractivity contribution in [3.63, 3.8) is 0 Å². The van der Waals surface area contributed by atoms with Gasteiger partial charge in [-0.2, -0.15) is 0 Å². The van der Waals surface area contributed by atoms with Crippen LogP contribution in [0.1, 0.15) is 28.5 Å². The van der Waals surface area contributed by atoms with Crippen LogP contribution in [0.5, 0.6) is 0 Å². The maximum absolute atomic E-state index is 13.7. The molecule has 6 heteroatoms. The number of carbonyl (C=O) groups is 2. The molecular formula is C23H19ClN2O3. The van der Waals surface area contributed by atoms with E-state index < -0.39 is 11.6 Å². The monoisotopic (exact) mass is 406 g/mol. The minimum Gasteiger partial charge on any atom is -0.445 e.